The second-order valence-electron chi connectivity index (χ2n) is 4.74. The zero-order valence-electron chi connectivity index (χ0n) is 11.7. The number of thiazole rings is 1. The molecule has 20 heavy (non-hydrogen) atoms. The van der Waals surface area contributed by atoms with Crippen LogP contribution in [0.15, 0.2) is 40.8 Å². The van der Waals surface area contributed by atoms with Gasteiger partial charge in [0.2, 0.25) is 5.13 Å². The van der Waals surface area contributed by atoms with Crippen LogP contribution in [0.5, 0.6) is 0 Å². The molecule has 0 saturated heterocycles. The molecule has 0 radical (unpaired) electrons. The van der Waals surface area contributed by atoms with E-state index in [1.54, 1.807) is 13.3 Å². The van der Waals surface area contributed by atoms with E-state index in [1.807, 2.05) is 29.6 Å². The van der Waals surface area contributed by atoms with Crippen molar-refractivity contribution >= 4 is 34.0 Å². The van der Waals surface area contributed by atoms with Crippen molar-refractivity contribution in [3.8, 4) is 0 Å². The smallest absolute Gasteiger partial charge is 0.212 e. The summed E-state index contributed by atoms with van der Waals surface area (Å²) in [6.07, 6.45) is 1.74. The van der Waals surface area contributed by atoms with E-state index in [0.717, 1.165) is 10.6 Å². The maximum atomic E-state index is 5.95. The molecule has 1 atom stereocenters. The summed E-state index contributed by atoms with van der Waals surface area (Å²) in [5.74, 6) is 1.12. The monoisotopic (exact) mass is 308 g/mol. The van der Waals surface area contributed by atoms with Gasteiger partial charge in [0, 0.05) is 16.6 Å². The van der Waals surface area contributed by atoms with E-state index >= 15 is 0 Å². The fraction of sp³-hybridized carbons (Fsp3) is 0.333. The first-order valence-electron chi connectivity index (χ1n) is 6.39. The van der Waals surface area contributed by atoms with Gasteiger partial charge in [0.25, 0.3) is 0 Å². The van der Waals surface area contributed by atoms with Gasteiger partial charge in [-0.05, 0) is 23.6 Å². The van der Waals surface area contributed by atoms with Crippen molar-refractivity contribution < 1.29 is 4.74 Å². The standard InChI is InChI=1S/C15H17ClN2OS/c1-10(2)13(11-4-6-12(16)7-5-11)14(19-3)18-15-17-8-9-20-15/h4-10,13H,1-3H3/t13-/m0/s1. The molecular formula is C15H17ClN2OS. The molecule has 0 saturated carbocycles. The predicted octanol–water partition coefficient (Wildman–Crippen LogP) is 4.91. The molecule has 1 heterocycles. The Kier molecular flexibility index (Phi) is 5.15. The second kappa shape index (κ2) is 6.86. The lowest BCUT2D eigenvalue weighted by Gasteiger charge is -2.22. The van der Waals surface area contributed by atoms with Crippen molar-refractivity contribution in [3.05, 3.63) is 46.4 Å². The summed E-state index contributed by atoms with van der Waals surface area (Å²) >= 11 is 7.45. The molecule has 3 nitrogen and oxygen atoms in total. The summed E-state index contributed by atoms with van der Waals surface area (Å²) in [6.45, 7) is 4.30. The number of nitrogens with zero attached hydrogens (tertiary/aromatic N) is 2. The highest BCUT2D eigenvalue weighted by Gasteiger charge is 2.23. The van der Waals surface area contributed by atoms with Crippen molar-refractivity contribution in [2.45, 2.75) is 19.8 Å². The molecule has 2 rings (SSSR count). The molecule has 0 N–H and O–H groups in total. The summed E-state index contributed by atoms with van der Waals surface area (Å²) < 4.78 is 5.52. The largest absolute Gasteiger partial charge is 0.484 e. The maximum Gasteiger partial charge on any atom is 0.212 e. The minimum Gasteiger partial charge on any atom is -0.484 e. The zero-order chi connectivity index (χ0) is 14.5. The number of benzene rings is 1. The highest BCUT2D eigenvalue weighted by molar-refractivity contribution is 7.13. The molecule has 0 amide bonds. The molecule has 0 fully saturated rings. The summed E-state index contributed by atoms with van der Waals surface area (Å²) in [5.41, 5.74) is 1.14. The Hall–Kier alpha value is -1.39. The van der Waals surface area contributed by atoms with Crippen molar-refractivity contribution in [3.63, 3.8) is 0 Å². The van der Waals surface area contributed by atoms with Crippen LogP contribution in [0.1, 0.15) is 25.3 Å². The number of ether oxygens (including phenoxy) is 1. The number of hydrogen-bond donors (Lipinski definition) is 0. The minimum absolute atomic E-state index is 0.0844. The molecule has 0 spiro atoms. The van der Waals surface area contributed by atoms with Crippen molar-refractivity contribution in [2.24, 2.45) is 10.9 Å². The van der Waals surface area contributed by atoms with Crippen LogP contribution < -0.4 is 0 Å². The minimum atomic E-state index is 0.0844. The van der Waals surface area contributed by atoms with Crippen molar-refractivity contribution in [2.75, 3.05) is 7.11 Å². The number of methoxy groups -OCH3 is 1. The number of aromatic nitrogens is 1. The van der Waals surface area contributed by atoms with Crippen LogP contribution in [0.2, 0.25) is 5.02 Å². The molecule has 106 valence electrons. The third-order valence-corrected chi connectivity index (χ3v) is 3.91. The van der Waals surface area contributed by atoms with E-state index in [4.69, 9.17) is 16.3 Å². The van der Waals surface area contributed by atoms with Gasteiger partial charge in [-0.15, -0.1) is 11.3 Å². The average molecular weight is 309 g/mol. The molecule has 0 unspecified atom stereocenters. The van der Waals surface area contributed by atoms with Gasteiger partial charge in [-0.2, -0.15) is 4.99 Å². The van der Waals surface area contributed by atoms with E-state index in [1.165, 1.54) is 11.3 Å². The van der Waals surface area contributed by atoms with E-state index in [0.29, 0.717) is 16.9 Å². The van der Waals surface area contributed by atoms with Crippen LogP contribution in [-0.4, -0.2) is 18.0 Å². The Morgan fingerprint density at radius 2 is 2.00 bits per heavy atom. The first kappa shape index (κ1) is 15.0. The van der Waals surface area contributed by atoms with E-state index in [9.17, 15) is 0 Å². The predicted molar refractivity (Wildman–Crippen MR) is 85.2 cm³/mol. The zero-order valence-corrected chi connectivity index (χ0v) is 13.3. The third-order valence-electron chi connectivity index (χ3n) is 3.00. The van der Waals surface area contributed by atoms with Crippen molar-refractivity contribution in [1.29, 1.82) is 0 Å². The molecule has 0 aliphatic rings. The summed E-state index contributed by atoms with van der Waals surface area (Å²) in [6, 6.07) is 7.82. The molecule has 2 aromatic rings. The Morgan fingerprint density at radius 3 is 2.50 bits per heavy atom. The van der Waals surface area contributed by atoms with E-state index < -0.39 is 0 Å². The average Bonchev–Trinajstić information content (AvgIpc) is 2.92. The topological polar surface area (TPSA) is 34.5 Å². The Morgan fingerprint density at radius 1 is 1.30 bits per heavy atom. The van der Waals surface area contributed by atoms with Gasteiger partial charge in [0.05, 0.1) is 13.0 Å². The van der Waals surface area contributed by atoms with Crippen molar-refractivity contribution in [1.82, 2.24) is 4.98 Å². The first-order valence-corrected chi connectivity index (χ1v) is 7.65. The normalized spacial score (nSPS) is 13.6. The number of aliphatic imine (C=N–C) groups is 1. The molecular weight excluding hydrogens is 292 g/mol. The van der Waals surface area contributed by atoms with Crippen LogP contribution in [0.25, 0.3) is 0 Å². The Bertz CT molecular complexity index is 564. The fourth-order valence-corrected chi connectivity index (χ4v) is 2.72. The number of halogens is 1. The third kappa shape index (κ3) is 3.58. The van der Waals surface area contributed by atoms with Gasteiger partial charge >= 0.3 is 0 Å². The second-order valence-corrected chi connectivity index (χ2v) is 6.05. The van der Waals surface area contributed by atoms with Gasteiger partial charge in [-0.3, -0.25) is 0 Å². The maximum absolute atomic E-state index is 5.95. The molecule has 0 bridgehead atoms. The highest BCUT2D eigenvalue weighted by atomic mass is 35.5. The molecule has 1 aromatic carbocycles. The molecule has 0 aliphatic carbocycles. The molecule has 1 aromatic heterocycles. The summed E-state index contributed by atoms with van der Waals surface area (Å²) in [5, 5.41) is 3.34. The van der Waals surface area contributed by atoms with Gasteiger partial charge in [-0.1, -0.05) is 37.6 Å². The Balaban J connectivity index is 2.38. The molecule has 5 heteroatoms. The fourth-order valence-electron chi connectivity index (χ4n) is 2.09. The molecule has 0 aliphatic heterocycles. The van der Waals surface area contributed by atoms with E-state index in [-0.39, 0.29) is 5.92 Å². The van der Waals surface area contributed by atoms with Gasteiger partial charge in [0.15, 0.2) is 5.90 Å². The lowest BCUT2D eigenvalue weighted by atomic mass is 9.88. The first-order chi connectivity index (χ1) is 9.61. The van der Waals surface area contributed by atoms with Crippen LogP contribution in [0.4, 0.5) is 5.13 Å². The lowest BCUT2D eigenvalue weighted by Crippen LogP contribution is -2.19. The summed E-state index contributed by atoms with van der Waals surface area (Å²) in [7, 11) is 1.65. The van der Waals surface area contributed by atoms with Gasteiger partial charge < -0.3 is 4.74 Å². The highest BCUT2D eigenvalue weighted by Crippen LogP contribution is 2.29. The number of hydrogen-bond acceptors (Lipinski definition) is 4. The SMILES string of the molecule is COC(=Nc1nccs1)[C@H](c1ccc(Cl)cc1)C(C)C. The quantitative estimate of drug-likeness (QED) is 0.594. The lowest BCUT2D eigenvalue weighted by molar-refractivity contribution is 0.365. The van der Waals surface area contributed by atoms with Crippen LogP contribution in [0, 0.1) is 5.92 Å². The van der Waals surface area contributed by atoms with Gasteiger partial charge in [0.1, 0.15) is 0 Å². The van der Waals surface area contributed by atoms with Gasteiger partial charge in [-0.25, -0.2) is 4.98 Å². The van der Waals surface area contributed by atoms with Crippen LogP contribution in [-0.2, 0) is 4.74 Å². The van der Waals surface area contributed by atoms with Crippen LogP contribution >= 0.6 is 22.9 Å². The summed E-state index contributed by atoms with van der Waals surface area (Å²) in [4.78, 5) is 8.71. The Labute approximate surface area is 128 Å². The van der Waals surface area contributed by atoms with Crippen LogP contribution in [0.3, 0.4) is 0 Å². The van der Waals surface area contributed by atoms with E-state index in [2.05, 4.69) is 23.8 Å². The number of rotatable bonds is 4.